The molecule has 36 heavy (non-hydrogen) atoms. The van der Waals surface area contributed by atoms with Gasteiger partial charge in [-0.2, -0.15) is 5.26 Å². The van der Waals surface area contributed by atoms with Gasteiger partial charge in [0, 0.05) is 61.9 Å². The molecule has 1 saturated heterocycles. The lowest BCUT2D eigenvalue weighted by atomic mass is 9.99. The third-order valence-corrected chi connectivity index (χ3v) is 6.13. The smallest absolute Gasteiger partial charge is 0.327 e. The summed E-state index contributed by atoms with van der Waals surface area (Å²) >= 11 is 0. The molecule has 2 aliphatic rings. The molecule has 0 spiro atoms. The van der Waals surface area contributed by atoms with Crippen LogP contribution in [0.25, 0.3) is 5.65 Å². The second kappa shape index (κ2) is 9.79. The van der Waals surface area contributed by atoms with Gasteiger partial charge in [-0.05, 0) is 27.2 Å². The summed E-state index contributed by atoms with van der Waals surface area (Å²) in [5, 5.41) is 22.8. The quantitative estimate of drug-likeness (QED) is 0.462. The number of aromatic nitrogens is 3. The molecule has 188 valence electrons. The molecule has 0 radical (unpaired) electrons. The van der Waals surface area contributed by atoms with Crippen LogP contribution in [0.1, 0.15) is 30.7 Å². The lowest BCUT2D eigenvalue weighted by molar-refractivity contribution is -0.122. The largest absolute Gasteiger partial charge is 0.483 e. The maximum atomic E-state index is 14.6. The Labute approximate surface area is 207 Å². The van der Waals surface area contributed by atoms with Gasteiger partial charge >= 0.3 is 6.03 Å². The molecule has 12 heteroatoms. The van der Waals surface area contributed by atoms with Crippen LogP contribution in [0.3, 0.4) is 0 Å². The third kappa shape index (κ3) is 4.78. The number of imidazole rings is 1. The van der Waals surface area contributed by atoms with Crippen LogP contribution >= 0.6 is 0 Å². The fraction of sp³-hybridized carbons (Fsp3) is 0.375. The zero-order valence-electron chi connectivity index (χ0n) is 20.2. The van der Waals surface area contributed by atoms with Crippen molar-refractivity contribution in [3.63, 3.8) is 0 Å². The molecule has 5 rings (SSSR count). The first-order valence-electron chi connectivity index (χ1n) is 11.4. The van der Waals surface area contributed by atoms with E-state index in [0.29, 0.717) is 30.0 Å². The van der Waals surface area contributed by atoms with Gasteiger partial charge in [-0.3, -0.25) is 9.69 Å². The summed E-state index contributed by atoms with van der Waals surface area (Å²) in [4.78, 5) is 33.9. The molecular formula is C24H27FN8O3. The highest BCUT2D eigenvalue weighted by molar-refractivity contribution is 6.03. The SMILES string of the molecule is Cc1cn2cc(NC(=O)N3CCc4c3ncc(C#N)c4N3CCNC(C)(C)C3)c(F)cc2n1.O=CO. The van der Waals surface area contributed by atoms with Crippen LogP contribution in [-0.4, -0.2) is 63.7 Å². The van der Waals surface area contributed by atoms with Crippen LogP contribution < -0.4 is 20.4 Å². The molecule has 1 fully saturated rings. The van der Waals surface area contributed by atoms with Crippen molar-refractivity contribution in [2.24, 2.45) is 0 Å². The van der Waals surface area contributed by atoms with E-state index in [2.05, 4.69) is 45.4 Å². The van der Waals surface area contributed by atoms with Crippen molar-refractivity contribution in [2.45, 2.75) is 32.7 Å². The van der Waals surface area contributed by atoms with Crippen LogP contribution in [0.2, 0.25) is 0 Å². The van der Waals surface area contributed by atoms with Crippen LogP contribution in [0.4, 0.5) is 26.4 Å². The number of halogens is 1. The van der Waals surface area contributed by atoms with Gasteiger partial charge in [0.2, 0.25) is 0 Å². The molecule has 2 amide bonds. The summed E-state index contributed by atoms with van der Waals surface area (Å²) in [6.45, 7) is 8.52. The van der Waals surface area contributed by atoms with Crippen LogP contribution in [0.5, 0.6) is 0 Å². The molecular weight excluding hydrogens is 467 g/mol. The highest BCUT2D eigenvalue weighted by atomic mass is 19.1. The van der Waals surface area contributed by atoms with Gasteiger partial charge in [-0.15, -0.1) is 0 Å². The van der Waals surface area contributed by atoms with Crippen molar-refractivity contribution in [3.05, 3.63) is 47.3 Å². The van der Waals surface area contributed by atoms with Crippen molar-refractivity contribution in [2.75, 3.05) is 41.3 Å². The van der Waals surface area contributed by atoms with Gasteiger partial charge in [0.15, 0.2) is 5.82 Å². The number of carboxylic acid groups (broad SMARTS) is 1. The minimum atomic E-state index is -0.558. The van der Waals surface area contributed by atoms with E-state index in [1.54, 1.807) is 10.6 Å². The first-order valence-corrected chi connectivity index (χ1v) is 11.4. The molecule has 0 unspecified atom stereocenters. The van der Waals surface area contributed by atoms with E-state index < -0.39 is 11.8 Å². The number of rotatable bonds is 2. The van der Waals surface area contributed by atoms with E-state index in [0.717, 1.165) is 36.6 Å². The van der Waals surface area contributed by atoms with E-state index >= 15 is 0 Å². The lowest BCUT2D eigenvalue weighted by Crippen LogP contribution is -2.57. The Balaban J connectivity index is 0.000000967. The highest BCUT2D eigenvalue weighted by Gasteiger charge is 2.34. The summed E-state index contributed by atoms with van der Waals surface area (Å²) in [5.41, 5.74) is 3.42. The Kier molecular flexibility index (Phi) is 6.76. The maximum absolute atomic E-state index is 14.6. The van der Waals surface area contributed by atoms with Crippen LogP contribution in [0.15, 0.2) is 24.7 Å². The monoisotopic (exact) mass is 494 g/mol. The molecule has 0 aromatic carbocycles. The van der Waals surface area contributed by atoms with E-state index in [9.17, 15) is 14.4 Å². The van der Waals surface area contributed by atoms with E-state index in [1.165, 1.54) is 23.4 Å². The second-order valence-corrected chi connectivity index (χ2v) is 9.29. The van der Waals surface area contributed by atoms with Gasteiger partial charge in [0.25, 0.3) is 6.47 Å². The number of pyridine rings is 2. The first kappa shape index (κ1) is 24.9. The number of fused-ring (bicyclic) bond motifs is 2. The number of carbonyl (C=O) groups is 2. The first-order chi connectivity index (χ1) is 17.2. The predicted molar refractivity (Wildman–Crippen MR) is 132 cm³/mol. The van der Waals surface area contributed by atoms with Crippen molar-refractivity contribution in [1.29, 1.82) is 5.26 Å². The zero-order valence-corrected chi connectivity index (χ0v) is 20.2. The molecule has 0 aliphatic carbocycles. The second-order valence-electron chi connectivity index (χ2n) is 9.29. The molecule has 3 aromatic heterocycles. The third-order valence-electron chi connectivity index (χ3n) is 6.13. The number of hydrogen-bond acceptors (Lipinski definition) is 7. The summed E-state index contributed by atoms with van der Waals surface area (Å²) in [5.74, 6) is -0.0461. The number of hydrogen-bond donors (Lipinski definition) is 3. The number of aryl methyl sites for hydroxylation is 1. The molecule has 2 aliphatic heterocycles. The van der Waals surface area contributed by atoms with Crippen molar-refractivity contribution in [1.82, 2.24) is 19.7 Å². The minimum Gasteiger partial charge on any atom is -0.483 e. The number of carbonyl (C=O) groups excluding carboxylic acids is 1. The molecule has 3 aromatic rings. The summed E-state index contributed by atoms with van der Waals surface area (Å²) in [7, 11) is 0. The Morgan fingerprint density at radius 3 is 2.81 bits per heavy atom. The van der Waals surface area contributed by atoms with Gasteiger partial charge in [-0.1, -0.05) is 0 Å². The fourth-order valence-corrected chi connectivity index (χ4v) is 4.71. The average molecular weight is 495 g/mol. The van der Waals surface area contributed by atoms with Crippen LogP contribution in [-0.2, 0) is 11.2 Å². The van der Waals surface area contributed by atoms with Gasteiger partial charge in [0.05, 0.1) is 22.6 Å². The van der Waals surface area contributed by atoms with E-state index in [1.807, 2.05) is 6.92 Å². The molecule has 5 heterocycles. The maximum Gasteiger partial charge on any atom is 0.327 e. The summed E-state index contributed by atoms with van der Waals surface area (Å²) in [6, 6.07) is 3.09. The van der Waals surface area contributed by atoms with Crippen LogP contribution in [0, 0.1) is 24.1 Å². The number of amides is 2. The minimum absolute atomic E-state index is 0.0658. The fourth-order valence-electron chi connectivity index (χ4n) is 4.71. The summed E-state index contributed by atoms with van der Waals surface area (Å²) < 4.78 is 16.3. The number of nitrogens with one attached hydrogen (secondary N) is 2. The number of urea groups is 1. The number of nitrogens with zero attached hydrogens (tertiary/aromatic N) is 6. The van der Waals surface area contributed by atoms with Crippen molar-refractivity contribution in [3.8, 4) is 6.07 Å². The molecule has 11 nitrogen and oxygen atoms in total. The molecule has 0 bridgehead atoms. The van der Waals surface area contributed by atoms with Gasteiger partial charge < -0.3 is 25.0 Å². The Morgan fingerprint density at radius 1 is 1.36 bits per heavy atom. The zero-order chi connectivity index (χ0) is 26.0. The number of anilines is 3. The Bertz CT molecular complexity index is 1360. The standard InChI is InChI=1S/C23H25FN8O.CH2O2/c1-14-11-31-12-18(17(24)8-19(31)28-14)29-22(33)32-6-4-16-20(15(9-25)10-26-21(16)32)30-7-5-27-23(2,3)13-30;2-1-3/h8,10-12,27H,4-7,13H2,1-3H3,(H,29,33);1H,(H,2,3). The van der Waals surface area contributed by atoms with Crippen molar-refractivity contribution >= 4 is 35.3 Å². The number of nitriles is 1. The van der Waals surface area contributed by atoms with E-state index in [4.69, 9.17) is 9.90 Å². The number of piperazine rings is 1. The Morgan fingerprint density at radius 2 is 2.11 bits per heavy atom. The Hall–Kier alpha value is -4.24. The normalized spacial score (nSPS) is 16.1. The highest BCUT2D eigenvalue weighted by Crippen LogP contribution is 2.37. The van der Waals surface area contributed by atoms with Gasteiger partial charge in [0.1, 0.15) is 17.5 Å². The topological polar surface area (TPSA) is 139 Å². The molecule has 3 N–H and O–H groups in total. The lowest BCUT2D eigenvalue weighted by Gasteiger charge is -2.41. The average Bonchev–Trinajstić information content (AvgIpc) is 3.40. The van der Waals surface area contributed by atoms with E-state index in [-0.39, 0.29) is 17.7 Å². The summed E-state index contributed by atoms with van der Waals surface area (Å²) in [6.07, 6.45) is 5.38. The molecule has 0 saturated carbocycles. The molecule has 0 atom stereocenters. The predicted octanol–water partition coefficient (Wildman–Crippen LogP) is 2.53. The van der Waals surface area contributed by atoms with Gasteiger partial charge in [-0.25, -0.2) is 19.2 Å². The van der Waals surface area contributed by atoms with Crippen molar-refractivity contribution < 1.29 is 19.1 Å².